The number of benzene rings is 1. The molecule has 3 heteroatoms. The predicted octanol–water partition coefficient (Wildman–Crippen LogP) is 3.90. The van der Waals surface area contributed by atoms with Crippen molar-refractivity contribution in [1.29, 1.82) is 0 Å². The maximum absolute atomic E-state index is 9.89. The smallest absolute Gasteiger partial charge is 0.0667 e. The fraction of sp³-hybridized carbons (Fsp3) is 0.600. The highest BCUT2D eigenvalue weighted by molar-refractivity contribution is 9.10. The summed E-state index contributed by atoms with van der Waals surface area (Å²) < 4.78 is 1.10. The molecule has 0 bridgehead atoms. The molecule has 102 valence electrons. The largest absolute Gasteiger partial charge is 0.392 e. The minimum atomic E-state index is -0.255. The summed E-state index contributed by atoms with van der Waals surface area (Å²) in [4.78, 5) is 0. The summed E-state index contributed by atoms with van der Waals surface area (Å²) in [7, 11) is 0. The number of halogens is 1. The molecule has 0 aliphatic carbocycles. The van der Waals surface area contributed by atoms with Gasteiger partial charge in [-0.1, -0.05) is 48.8 Å². The van der Waals surface area contributed by atoms with Crippen LogP contribution in [0.3, 0.4) is 0 Å². The van der Waals surface area contributed by atoms with Crippen LogP contribution in [0, 0.1) is 5.92 Å². The molecule has 1 aromatic rings. The van der Waals surface area contributed by atoms with Crippen molar-refractivity contribution in [3.05, 3.63) is 34.3 Å². The first-order valence-electron chi connectivity index (χ1n) is 6.69. The van der Waals surface area contributed by atoms with Gasteiger partial charge in [0.2, 0.25) is 0 Å². The fourth-order valence-corrected chi connectivity index (χ4v) is 2.36. The van der Waals surface area contributed by atoms with E-state index in [9.17, 15) is 5.11 Å². The second-order valence-electron chi connectivity index (χ2n) is 5.20. The van der Waals surface area contributed by atoms with Gasteiger partial charge < -0.3 is 10.4 Å². The Hall–Kier alpha value is -0.380. The molecule has 0 spiro atoms. The average Bonchev–Trinajstić information content (AvgIpc) is 2.31. The molecule has 1 rings (SSSR count). The monoisotopic (exact) mass is 313 g/mol. The Bertz CT molecular complexity index is 337. The molecule has 2 atom stereocenters. The number of aliphatic hydroxyl groups excluding tert-OH is 1. The number of hydrogen-bond donors (Lipinski definition) is 2. The highest BCUT2D eigenvalue weighted by atomic mass is 79.9. The average molecular weight is 314 g/mol. The van der Waals surface area contributed by atoms with Gasteiger partial charge in [-0.3, -0.25) is 0 Å². The lowest BCUT2D eigenvalue weighted by molar-refractivity contribution is 0.142. The van der Waals surface area contributed by atoms with Gasteiger partial charge in [-0.05, 0) is 36.5 Å². The van der Waals surface area contributed by atoms with E-state index >= 15 is 0 Å². The molecule has 2 N–H and O–H groups in total. The van der Waals surface area contributed by atoms with Crippen molar-refractivity contribution in [2.24, 2.45) is 5.92 Å². The van der Waals surface area contributed by atoms with Crippen LogP contribution in [0.2, 0.25) is 0 Å². The summed E-state index contributed by atoms with van der Waals surface area (Å²) in [5.41, 5.74) is 1.28. The molecular weight excluding hydrogens is 290 g/mol. The summed E-state index contributed by atoms with van der Waals surface area (Å²) in [5.74, 6) is 0.537. The summed E-state index contributed by atoms with van der Waals surface area (Å²) >= 11 is 3.45. The predicted molar refractivity (Wildman–Crippen MR) is 80.6 cm³/mol. The Balaban J connectivity index is 2.49. The second kappa shape index (κ2) is 7.93. The Kier molecular flexibility index (Phi) is 6.90. The van der Waals surface area contributed by atoms with Crippen LogP contribution in [0.4, 0.5) is 0 Å². The highest BCUT2D eigenvalue weighted by Crippen LogP contribution is 2.19. The third-order valence-corrected chi connectivity index (χ3v) is 3.55. The number of hydrogen-bond acceptors (Lipinski definition) is 2. The zero-order valence-electron chi connectivity index (χ0n) is 11.5. The van der Waals surface area contributed by atoms with Crippen molar-refractivity contribution >= 4 is 15.9 Å². The van der Waals surface area contributed by atoms with Gasteiger partial charge in [0.15, 0.2) is 0 Å². The lowest BCUT2D eigenvalue weighted by Gasteiger charge is -2.21. The molecule has 2 nitrogen and oxygen atoms in total. The van der Waals surface area contributed by atoms with Gasteiger partial charge in [-0.15, -0.1) is 0 Å². The van der Waals surface area contributed by atoms with Crippen molar-refractivity contribution in [1.82, 2.24) is 5.32 Å². The quantitative estimate of drug-likeness (QED) is 0.800. The van der Waals surface area contributed by atoms with E-state index in [1.165, 1.54) is 5.56 Å². The number of nitrogens with one attached hydrogen (secondary N) is 1. The molecule has 0 saturated carbocycles. The summed E-state index contributed by atoms with van der Waals surface area (Å²) in [6.45, 7) is 7.09. The van der Waals surface area contributed by atoms with Gasteiger partial charge in [0.25, 0.3) is 0 Å². The van der Waals surface area contributed by atoms with E-state index in [1.54, 1.807) is 0 Å². The molecule has 0 amide bonds. The van der Waals surface area contributed by atoms with E-state index in [0.29, 0.717) is 18.5 Å². The van der Waals surface area contributed by atoms with Gasteiger partial charge >= 0.3 is 0 Å². The molecule has 18 heavy (non-hydrogen) atoms. The third kappa shape index (κ3) is 5.51. The van der Waals surface area contributed by atoms with E-state index in [-0.39, 0.29) is 6.10 Å². The van der Waals surface area contributed by atoms with Crippen LogP contribution in [0.1, 0.15) is 45.2 Å². The van der Waals surface area contributed by atoms with Crippen LogP contribution in [0.15, 0.2) is 28.7 Å². The molecular formula is C15H24BrNO. The summed E-state index contributed by atoms with van der Waals surface area (Å²) in [6, 6.07) is 8.69. The van der Waals surface area contributed by atoms with E-state index < -0.39 is 0 Å². The first-order valence-corrected chi connectivity index (χ1v) is 7.49. The van der Waals surface area contributed by atoms with Crippen LogP contribution >= 0.6 is 15.9 Å². The maximum atomic E-state index is 9.89. The van der Waals surface area contributed by atoms with E-state index in [4.69, 9.17) is 0 Å². The summed E-state index contributed by atoms with van der Waals surface area (Å²) in [6.07, 6.45) is 1.62. The second-order valence-corrected chi connectivity index (χ2v) is 6.12. The van der Waals surface area contributed by atoms with Gasteiger partial charge in [0, 0.05) is 17.1 Å². The zero-order chi connectivity index (χ0) is 13.5. The minimum Gasteiger partial charge on any atom is -0.392 e. The molecule has 0 radical (unpaired) electrons. The maximum Gasteiger partial charge on any atom is 0.0667 e. The number of rotatable bonds is 7. The standard InChI is InChI=1S/C15H24BrNO/c1-4-15(12-5-7-13(16)8-6-12)17-10-14(18)9-11(2)3/h5-8,11,14-15,17-18H,4,9-10H2,1-3H3. The topological polar surface area (TPSA) is 32.3 Å². The zero-order valence-corrected chi connectivity index (χ0v) is 13.1. The summed E-state index contributed by atoms with van der Waals surface area (Å²) in [5, 5.41) is 13.3. The molecule has 0 aromatic heterocycles. The van der Waals surface area contributed by atoms with Crippen LogP contribution in [-0.2, 0) is 0 Å². The molecule has 0 fully saturated rings. The third-order valence-electron chi connectivity index (χ3n) is 3.02. The van der Waals surface area contributed by atoms with Crippen molar-refractivity contribution in [3.8, 4) is 0 Å². The van der Waals surface area contributed by atoms with Crippen LogP contribution < -0.4 is 5.32 Å². The highest BCUT2D eigenvalue weighted by Gasteiger charge is 2.12. The molecule has 0 heterocycles. The lowest BCUT2D eigenvalue weighted by atomic mass is 10.0. The van der Waals surface area contributed by atoms with Crippen molar-refractivity contribution < 1.29 is 5.11 Å². The van der Waals surface area contributed by atoms with Crippen molar-refractivity contribution in [3.63, 3.8) is 0 Å². The normalized spacial score (nSPS) is 14.8. The van der Waals surface area contributed by atoms with Gasteiger partial charge in [0.1, 0.15) is 0 Å². The molecule has 1 aromatic carbocycles. The van der Waals surface area contributed by atoms with Crippen LogP contribution in [0.5, 0.6) is 0 Å². The van der Waals surface area contributed by atoms with Crippen LogP contribution in [0.25, 0.3) is 0 Å². The van der Waals surface area contributed by atoms with Crippen molar-refractivity contribution in [2.45, 2.75) is 45.8 Å². The minimum absolute atomic E-state index is 0.255. The van der Waals surface area contributed by atoms with Gasteiger partial charge in [-0.2, -0.15) is 0 Å². The molecule has 0 aliphatic heterocycles. The molecule has 0 saturated heterocycles. The van der Waals surface area contributed by atoms with Crippen LogP contribution in [-0.4, -0.2) is 17.8 Å². The lowest BCUT2D eigenvalue weighted by Crippen LogP contribution is -2.31. The SMILES string of the molecule is CCC(NCC(O)CC(C)C)c1ccc(Br)cc1. The Morgan fingerprint density at radius 3 is 2.33 bits per heavy atom. The fourth-order valence-electron chi connectivity index (χ4n) is 2.10. The van der Waals surface area contributed by atoms with E-state index in [1.807, 2.05) is 0 Å². The van der Waals surface area contributed by atoms with E-state index in [2.05, 4.69) is 66.3 Å². The van der Waals surface area contributed by atoms with E-state index in [0.717, 1.165) is 17.3 Å². The van der Waals surface area contributed by atoms with Gasteiger partial charge in [0.05, 0.1) is 6.10 Å². The molecule has 0 aliphatic rings. The van der Waals surface area contributed by atoms with Crippen molar-refractivity contribution in [2.75, 3.05) is 6.54 Å². The Morgan fingerprint density at radius 1 is 1.22 bits per heavy atom. The first-order chi connectivity index (χ1) is 8.52. The Morgan fingerprint density at radius 2 is 1.83 bits per heavy atom. The number of aliphatic hydroxyl groups is 1. The molecule has 2 unspecified atom stereocenters. The van der Waals surface area contributed by atoms with Gasteiger partial charge in [-0.25, -0.2) is 0 Å². The first kappa shape index (κ1) is 15.7. The Labute approximate surface area is 119 Å².